The molecule has 2 heterocycles. The average Bonchev–Trinajstić information content (AvgIpc) is 2.61. The summed E-state index contributed by atoms with van der Waals surface area (Å²) in [6, 6.07) is 5.93. The van der Waals surface area contributed by atoms with Gasteiger partial charge < -0.3 is 19.9 Å². The Hall–Kier alpha value is -2.48. The number of likely N-dealkylation sites (N-methyl/N-ethyl adjacent to an activating group) is 1. The van der Waals surface area contributed by atoms with E-state index in [4.69, 9.17) is 4.74 Å². The lowest BCUT2D eigenvalue weighted by Gasteiger charge is -2.28. The maximum Gasteiger partial charge on any atom is 0.345 e. The SMILES string of the molecule is Cc1cnc(=O)[nH]c1SCC(=O)NCc1ccc2c(c1)N(C)CCO2. The molecule has 0 saturated carbocycles. The van der Waals surface area contributed by atoms with Crippen molar-refractivity contribution in [3.63, 3.8) is 0 Å². The van der Waals surface area contributed by atoms with Gasteiger partial charge in [-0.05, 0) is 30.2 Å². The van der Waals surface area contributed by atoms with Gasteiger partial charge in [-0.1, -0.05) is 17.8 Å². The number of aromatic nitrogens is 2. The lowest BCUT2D eigenvalue weighted by Crippen LogP contribution is -2.29. The molecule has 132 valence electrons. The summed E-state index contributed by atoms with van der Waals surface area (Å²) in [4.78, 5) is 31.7. The molecular formula is C17H20N4O3S. The van der Waals surface area contributed by atoms with Crippen molar-refractivity contribution in [3.8, 4) is 5.75 Å². The second kappa shape index (κ2) is 7.60. The highest BCUT2D eigenvalue weighted by molar-refractivity contribution is 7.99. The number of amides is 1. The molecule has 0 aliphatic carbocycles. The minimum absolute atomic E-state index is 0.0932. The van der Waals surface area contributed by atoms with E-state index in [0.29, 0.717) is 18.2 Å². The Morgan fingerprint density at radius 2 is 2.32 bits per heavy atom. The summed E-state index contributed by atoms with van der Waals surface area (Å²) in [5.74, 6) is 1.01. The summed E-state index contributed by atoms with van der Waals surface area (Å²) < 4.78 is 5.62. The first-order valence-electron chi connectivity index (χ1n) is 7.95. The molecule has 0 bridgehead atoms. The van der Waals surface area contributed by atoms with E-state index >= 15 is 0 Å². The summed E-state index contributed by atoms with van der Waals surface area (Å²) in [5.41, 5.74) is 2.49. The van der Waals surface area contributed by atoms with Gasteiger partial charge in [0.2, 0.25) is 5.91 Å². The molecule has 0 radical (unpaired) electrons. The number of aryl methyl sites for hydroxylation is 1. The molecule has 0 unspecified atom stereocenters. The van der Waals surface area contributed by atoms with Gasteiger partial charge in [0.1, 0.15) is 12.4 Å². The van der Waals surface area contributed by atoms with E-state index < -0.39 is 5.69 Å². The van der Waals surface area contributed by atoms with Gasteiger partial charge in [-0.25, -0.2) is 9.78 Å². The highest BCUT2D eigenvalue weighted by Crippen LogP contribution is 2.31. The number of fused-ring (bicyclic) bond motifs is 1. The van der Waals surface area contributed by atoms with Gasteiger partial charge in [-0.3, -0.25) is 4.79 Å². The van der Waals surface area contributed by atoms with Gasteiger partial charge in [0.05, 0.1) is 23.0 Å². The molecule has 0 fully saturated rings. The van der Waals surface area contributed by atoms with Crippen LogP contribution in [0, 0.1) is 6.92 Å². The van der Waals surface area contributed by atoms with E-state index in [1.807, 2.05) is 32.2 Å². The van der Waals surface area contributed by atoms with Crippen molar-refractivity contribution in [2.24, 2.45) is 0 Å². The Morgan fingerprint density at radius 3 is 3.16 bits per heavy atom. The predicted molar refractivity (Wildman–Crippen MR) is 97.4 cm³/mol. The van der Waals surface area contributed by atoms with E-state index in [9.17, 15) is 9.59 Å². The van der Waals surface area contributed by atoms with Gasteiger partial charge in [0.15, 0.2) is 0 Å². The normalized spacial score (nSPS) is 13.1. The summed E-state index contributed by atoms with van der Waals surface area (Å²) in [6.07, 6.45) is 1.50. The van der Waals surface area contributed by atoms with E-state index in [2.05, 4.69) is 20.2 Å². The number of aromatic amines is 1. The highest BCUT2D eigenvalue weighted by Gasteiger charge is 2.15. The number of carbonyl (C=O) groups is 1. The van der Waals surface area contributed by atoms with E-state index in [0.717, 1.165) is 29.1 Å². The van der Waals surface area contributed by atoms with E-state index in [-0.39, 0.29) is 11.7 Å². The van der Waals surface area contributed by atoms with Crippen molar-refractivity contribution in [1.29, 1.82) is 0 Å². The van der Waals surface area contributed by atoms with Crippen LogP contribution in [-0.2, 0) is 11.3 Å². The quantitative estimate of drug-likeness (QED) is 0.618. The molecule has 0 saturated heterocycles. The minimum atomic E-state index is -0.408. The zero-order valence-electron chi connectivity index (χ0n) is 14.2. The fourth-order valence-corrected chi connectivity index (χ4v) is 3.30. The number of H-pyrrole nitrogens is 1. The molecule has 1 amide bonds. The monoisotopic (exact) mass is 360 g/mol. The summed E-state index contributed by atoms with van der Waals surface area (Å²) in [6.45, 7) is 3.83. The number of ether oxygens (including phenoxy) is 1. The number of thioether (sulfide) groups is 1. The molecule has 1 aliphatic rings. The number of nitrogens with one attached hydrogen (secondary N) is 2. The van der Waals surface area contributed by atoms with Crippen LogP contribution in [-0.4, -0.2) is 41.8 Å². The number of benzene rings is 1. The van der Waals surface area contributed by atoms with Gasteiger partial charge in [-0.2, -0.15) is 0 Å². The number of hydrogen-bond donors (Lipinski definition) is 2. The molecule has 2 aromatic rings. The smallest absolute Gasteiger partial charge is 0.345 e. The Kier molecular flexibility index (Phi) is 5.28. The average molecular weight is 360 g/mol. The predicted octanol–water partition coefficient (Wildman–Crippen LogP) is 1.32. The molecular weight excluding hydrogens is 340 g/mol. The Balaban J connectivity index is 1.55. The second-order valence-electron chi connectivity index (χ2n) is 5.84. The number of rotatable bonds is 5. The molecule has 2 N–H and O–H groups in total. The van der Waals surface area contributed by atoms with Crippen molar-refractivity contribution < 1.29 is 9.53 Å². The summed E-state index contributed by atoms with van der Waals surface area (Å²) in [5, 5.41) is 3.57. The first-order valence-corrected chi connectivity index (χ1v) is 8.94. The first kappa shape index (κ1) is 17.3. The Morgan fingerprint density at radius 1 is 1.48 bits per heavy atom. The van der Waals surface area contributed by atoms with E-state index in [1.54, 1.807) is 0 Å². The van der Waals surface area contributed by atoms with Crippen LogP contribution in [0.1, 0.15) is 11.1 Å². The number of nitrogens with zero attached hydrogens (tertiary/aromatic N) is 2. The third kappa shape index (κ3) is 4.33. The van der Waals surface area contributed by atoms with Crippen LogP contribution in [0.15, 0.2) is 34.2 Å². The molecule has 7 nitrogen and oxygen atoms in total. The maximum atomic E-state index is 12.1. The van der Waals surface area contributed by atoms with Crippen molar-refractivity contribution in [2.75, 3.05) is 30.9 Å². The molecule has 8 heteroatoms. The Labute approximate surface area is 149 Å². The van der Waals surface area contributed by atoms with Crippen molar-refractivity contribution >= 4 is 23.4 Å². The first-order chi connectivity index (χ1) is 12.0. The van der Waals surface area contributed by atoms with Gasteiger partial charge in [0.25, 0.3) is 0 Å². The van der Waals surface area contributed by atoms with Crippen LogP contribution in [0.2, 0.25) is 0 Å². The zero-order valence-corrected chi connectivity index (χ0v) is 15.0. The van der Waals surface area contributed by atoms with Crippen LogP contribution in [0.5, 0.6) is 5.75 Å². The molecule has 1 aromatic carbocycles. The molecule has 1 aromatic heterocycles. The van der Waals surface area contributed by atoms with Crippen LogP contribution in [0.4, 0.5) is 5.69 Å². The van der Waals surface area contributed by atoms with Gasteiger partial charge in [0, 0.05) is 19.8 Å². The number of hydrogen-bond acceptors (Lipinski definition) is 6. The fraction of sp³-hybridized carbons (Fsp3) is 0.353. The summed E-state index contributed by atoms with van der Waals surface area (Å²) in [7, 11) is 2.03. The molecule has 1 aliphatic heterocycles. The van der Waals surface area contributed by atoms with Crippen LogP contribution in [0.25, 0.3) is 0 Å². The lowest BCUT2D eigenvalue weighted by molar-refractivity contribution is -0.118. The number of anilines is 1. The largest absolute Gasteiger partial charge is 0.490 e. The fourth-order valence-electron chi connectivity index (χ4n) is 2.49. The standard InChI is InChI=1S/C17H20N4O3S/c1-11-8-19-17(23)20-16(11)25-10-15(22)18-9-12-3-4-14-13(7-12)21(2)5-6-24-14/h3-4,7-8H,5-6,9-10H2,1-2H3,(H,18,22)(H,19,20,23). The third-order valence-electron chi connectivity index (χ3n) is 3.91. The van der Waals surface area contributed by atoms with Crippen molar-refractivity contribution in [3.05, 3.63) is 46.0 Å². The van der Waals surface area contributed by atoms with Gasteiger partial charge in [-0.15, -0.1) is 0 Å². The molecule has 3 rings (SSSR count). The lowest BCUT2D eigenvalue weighted by atomic mass is 10.1. The number of carbonyl (C=O) groups excluding carboxylic acids is 1. The summed E-state index contributed by atoms with van der Waals surface area (Å²) >= 11 is 1.29. The van der Waals surface area contributed by atoms with Crippen molar-refractivity contribution in [1.82, 2.24) is 15.3 Å². The molecule has 25 heavy (non-hydrogen) atoms. The van der Waals surface area contributed by atoms with Crippen molar-refractivity contribution in [2.45, 2.75) is 18.5 Å². The third-order valence-corrected chi connectivity index (χ3v) is 5.03. The topological polar surface area (TPSA) is 87.3 Å². The van der Waals surface area contributed by atoms with Crippen LogP contribution in [0.3, 0.4) is 0 Å². The molecule has 0 atom stereocenters. The highest BCUT2D eigenvalue weighted by atomic mass is 32.2. The Bertz CT molecular complexity index is 837. The maximum absolute atomic E-state index is 12.1. The van der Waals surface area contributed by atoms with Crippen LogP contribution >= 0.6 is 11.8 Å². The second-order valence-corrected chi connectivity index (χ2v) is 6.82. The minimum Gasteiger partial charge on any atom is -0.490 e. The zero-order chi connectivity index (χ0) is 17.8. The van der Waals surface area contributed by atoms with E-state index in [1.165, 1.54) is 18.0 Å². The van der Waals surface area contributed by atoms with Gasteiger partial charge >= 0.3 is 5.69 Å². The molecule has 0 spiro atoms. The van der Waals surface area contributed by atoms with Crippen LogP contribution < -0.4 is 20.6 Å².